The molecule has 1 saturated heterocycles. The van der Waals surface area contributed by atoms with Crippen molar-refractivity contribution in [2.75, 3.05) is 6.54 Å². The number of amides is 2. The van der Waals surface area contributed by atoms with Crippen LogP contribution in [0, 0.1) is 18.3 Å². The fourth-order valence-corrected chi connectivity index (χ4v) is 4.68. The number of benzene rings is 2. The molecule has 150 valence electrons. The number of nitrogens with zero attached hydrogens (tertiary/aromatic N) is 3. The molecule has 0 spiro atoms. The second-order valence-electron chi connectivity index (χ2n) is 7.20. The molecule has 0 N–H and O–H groups in total. The molecule has 5 nitrogen and oxygen atoms in total. The minimum absolute atomic E-state index is 0.211. The van der Waals surface area contributed by atoms with Gasteiger partial charge in [-0.2, -0.15) is 5.26 Å². The van der Waals surface area contributed by atoms with Crippen molar-refractivity contribution in [2.45, 2.75) is 26.8 Å². The molecule has 4 rings (SSSR count). The second kappa shape index (κ2) is 8.21. The van der Waals surface area contributed by atoms with Crippen LogP contribution < -0.4 is 0 Å². The first-order chi connectivity index (χ1) is 14.5. The van der Waals surface area contributed by atoms with Gasteiger partial charge < -0.3 is 4.57 Å². The van der Waals surface area contributed by atoms with Crippen molar-refractivity contribution in [3.63, 3.8) is 0 Å². The van der Waals surface area contributed by atoms with Gasteiger partial charge in [0.05, 0.1) is 16.5 Å². The van der Waals surface area contributed by atoms with E-state index >= 15 is 0 Å². The SMILES string of the molecule is CCCN1C(=O)S/C(=C/c2c(C)n(Cc3ccccc3C#N)c3ccccc23)C1=O. The molecule has 1 aliphatic heterocycles. The van der Waals surface area contributed by atoms with Gasteiger partial charge in [0.2, 0.25) is 0 Å². The topological polar surface area (TPSA) is 66.1 Å². The summed E-state index contributed by atoms with van der Waals surface area (Å²) in [7, 11) is 0. The lowest BCUT2D eigenvalue weighted by Gasteiger charge is -2.10. The molecule has 0 bridgehead atoms. The standard InChI is InChI=1S/C24H21N3O2S/c1-3-12-26-23(28)22(30-24(26)29)13-20-16(2)27(21-11-7-6-10-19(20)21)15-18-9-5-4-8-17(18)14-25/h4-11,13H,3,12,15H2,1-2H3/b22-13+. The number of fused-ring (bicyclic) bond motifs is 1. The normalized spacial score (nSPS) is 15.4. The van der Waals surface area contributed by atoms with Gasteiger partial charge in [-0.05, 0) is 48.9 Å². The lowest BCUT2D eigenvalue weighted by Crippen LogP contribution is -2.28. The first-order valence-corrected chi connectivity index (χ1v) is 10.7. The molecule has 3 aromatic rings. The van der Waals surface area contributed by atoms with E-state index in [1.807, 2.05) is 68.5 Å². The molecular formula is C24H21N3O2S. The van der Waals surface area contributed by atoms with Gasteiger partial charge in [0.25, 0.3) is 11.1 Å². The lowest BCUT2D eigenvalue weighted by atomic mass is 10.1. The smallest absolute Gasteiger partial charge is 0.293 e. The van der Waals surface area contributed by atoms with Crippen molar-refractivity contribution < 1.29 is 9.59 Å². The van der Waals surface area contributed by atoms with Crippen LogP contribution in [0.2, 0.25) is 0 Å². The molecule has 0 saturated carbocycles. The maximum Gasteiger partial charge on any atom is 0.293 e. The van der Waals surface area contributed by atoms with Gasteiger partial charge in [-0.1, -0.05) is 43.3 Å². The van der Waals surface area contributed by atoms with E-state index in [1.54, 1.807) is 0 Å². The Balaban J connectivity index is 1.81. The molecule has 2 aromatic carbocycles. The van der Waals surface area contributed by atoms with Crippen LogP contribution in [0.1, 0.15) is 35.7 Å². The van der Waals surface area contributed by atoms with Crippen LogP contribution in [0.25, 0.3) is 17.0 Å². The molecule has 0 unspecified atom stereocenters. The Morgan fingerprint density at radius 1 is 1.10 bits per heavy atom. The Bertz CT molecular complexity index is 1230. The van der Waals surface area contributed by atoms with Crippen LogP contribution in [-0.4, -0.2) is 27.2 Å². The third kappa shape index (κ3) is 3.42. The van der Waals surface area contributed by atoms with E-state index in [2.05, 4.69) is 10.6 Å². The van der Waals surface area contributed by atoms with Gasteiger partial charge >= 0.3 is 0 Å². The zero-order chi connectivity index (χ0) is 21.3. The highest BCUT2D eigenvalue weighted by Crippen LogP contribution is 2.36. The number of thioether (sulfide) groups is 1. The summed E-state index contributed by atoms with van der Waals surface area (Å²) in [6.45, 7) is 4.95. The third-order valence-corrected chi connectivity index (χ3v) is 6.25. The molecular weight excluding hydrogens is 394 g/mol. The Morgan fingerprint density at radius 2 is 1.83 bits per heavy atom. The Hall–Kier alpha value is -3.30. The number of hydrogen-bond donors (Lipinski definition) is 0. The summed E-state index contributed by atoms with van der Waals surface area (Å²) in [6, 6.07) is 17.8. The monoisotopic (exact) mass is 415 g/mol. The van der Waals surface area contributed by atoms with Crippen LogP contribution in [-0.2, 0) is 11.3 Å². The predicted octanol–water partition coefficient (Wildman–Crippen LogP) is 5.32. The first kappa shape index (κ1) is 20.0. The summed E-state index contributed by atoms with van der Waals surface area (Å²) in [4.78, 5) is 26.7. The number of carbonyl (C=O) groups excluding carboxylic acids is 2. The predicted molar refractivity (Wildman–Crippen MR) is 120 cm³/mol. The highest BCUT2D eigenvalue weighted by atomic mass is 32.2. The van der Waals surface area contributed by atoms with Crippen molar-refractivity contribution in [1.82, 2.24) is 9.47 Å². The van der Waals surface area contributed by atoms with Gasteiger partial charge in [0, 0.05) is 35.2 Å². The molecule has 6 heteroatoms. The van der Waals surface area contributed by atoms with E-state index in [0.29, 0.717) is 23.6 Å². The number of carbonyl (C=O) groups is 2. The molecule has 1 aromatic heterocycles. The van der Waals surface area contributed by atoms with Crippen LogP contribution in [0.5, 0.6) is 0 Å². The number of aromatic nitrogens is 1. The molecule has 30 heavy (non-hydrogen) atoms. The number of rotatable bonds is 5. The number of hydrogen-bond acceptors (Lipinski definition) is 4. The van der Waals surface area contributed by atoms with Crippen LogP contribution in [0.15, 0.2) is 53.4 Å². The third-order valence-electron chi connectivity index (χ3n) is 5.34. The van der Waals surface area contributed by atoms with E-state index in [1.165, 1.54) is 4.90 Å². The Morgan fingerprint density at radius 3 is 2.60 bits per heavy atom. The van der Waals surface area contributed by atoms with E-state index in [4.69, 9.17) is 0 Å². The number of para-hydroxylation sites is 1. The number of nitriles is 1. The van der Waals surface area contributed by atoms with Crippen LogP contribution in [0.4, 0.5) is 4.79 Å². The average molecular weight is 416 g/mol. The minimum atomic E-state index is -0.224. The summed E-state index contributed by atoms with van der Waals surface area (Å²) in [5.41, 5.74) is 4.55. The van der Waals surface area contributed by atoms with E-state index in [9.17, 15) is 14.9 Å². The summed E-state index contributed by atoms with van der Waals surface area (Å²) < 4.78 is 2.16. The second-order valence-corrected chi connectivity index (χ2v) is 8.20. The van der Waals surface area contributed by atoms with E-state index in [0.717, 1.165) is 45.9 Å². The quantitative estimate of drug-likeness (QED) is 0.529. The zero-order valence-electron chi connectivity index (χ0n) is 16.9. The van der Waals surface area contributed by atoms with Crippen LogP contribution in [0.3, 0.4) is 0 Å². The maximum absolute atomic E-state index is 12.7. The Labute approximate surface area is 179 Å². The van der Waals surface area contributed by atoms with Gasteiger partial charge in [-0.15, -0.1) is 0 Å². The molecule has 0 radical (unpaired) electrons. The van der Waals surface area contributed by atoms with Crippen LogP contribution >= 0.6 is 11.8 Å². The van der Waals surface area contributed by atoms with E-state index < -0.39 is 0 Å². The summed E-state index contributed by atoms with van der Waals surface area (Å²) in [5.74, 6) is -0.224. The maximum atomic E-state index is 12.7. The van der Waals surface area contributed by atoms with E-state index in [-0.39, 0.29) is 11.1 Å². The van der Waals surface area contributed by atoms with Gasteiger partial charge in [0.15, 0.2) is 0 Å². The van der Waals surface area contributed by atoms with Crippen molar-refractivity contribution in [3.05, 3.63) is 75.8 Å². The molecule has 1 fully saturated rings. The minimum Gasteiger partial charge on any atom is -0.340 e. The fourth-order valence-electron chi connectivity index (χ4n) is 3.83. The van der Waals surface area contributed by atoms with Crippen molar-refractivity contribution >= 4 is 39.9 Å². The average Bonchev–Trinajstić information content (AvgIpc) is 3.17. The molecule has 1 aliphatic rings. The summed E-state index contributed by atoms with van der Waals surface area (Å²) >= 11 is 0.999. The highest BCUT2D eigenvalue weighted by Gasteiger charge is 2.34. The van der Waals surface area contributed by atoms with Crippen molar-refractivity contribution in [3.8, 4) is 6.07 Å². The molecule has 2 amide bonds. The Kier molecular flexibility index (Phi) is 5.47. The summed E-state index contributed by atoms with van der Waals surface area (Å²) in [5, 5.41) is 10.3. The summed E-state index contributed by atoms with van der Waals surface area (Å²) in [6.07, 6.45) is 2.58. The molecule has 0 aliphatic carbocycles. The highest BCUT2D eigenvalue weighted by molar-refractivity contribution is 8.18. The molecule has 0 atom stereocenters. The van der Waals surface area contributed by atoms with Crippen molar-refractivity contribution in [2.24, 2.45) is 0 Å². The lowest BCUT2D eigenvalue weighted by molar-refractivity contribution is -0.122. The van der Waals surface area contributed by atoms with Gasteiger partial charge in [-0.3, -0.25) is 14.5 Å². The van der Waals surface area contributed by atoms with Gasteiger partial charge in [-0.25, -0.2) is 0 Å². The largest absolute Gasteiger partial charge is 0.340 e. The molecule has 2 heterocycles. The zero-order valence-corrected chi connectivity index (χ0v) is 17.7. The number of imide groups is 1. The van der Waals surface area contributed by atoms with Crippen molar-refractivity contribution in [1.29, 1.82) is 5.26 Å². The van der Waals surface area contributed by atoms with Gasteiger partial charge in [0.1, 0.15) is 0 Å². The fraction of sp³-hybridized carbons (Fsp3) is 0.208. The first-order valence-electron chi connectivity index (χ1n) is 9.86.